The molecular weight excluding hydrogens is 618 g/mol. The third-order valence-corrected chi connectivity index (χ3v) is 8.91. The molecule has 4 nitrogen and oxygen atoms in total. The van der Waals surface area contributed by atoms with Gasteiger partial charge in [0, 0.05) is 48.4 Å². The van der Waals surface area contributed by atoms with Crippen molar-refractivity contribution in [2.24, 2.45) is 0 Å². The van der Waals surface area contributed by atoms with Crippen molar-refractivity contribution in [2.45, 2.75) is 0 Å². The average molecular weight is 643 g/mol. The van der Waals surface area contributed by atoms with Crippen molar-refractivity contribution >= 4 is 59.7 Å². The van der Waals surface area contributed by atoms with E-state index in [1.165, 1.54) is 10.8 Å². The van der Waals surface area contributed by atoms with Crippen LogP contribution in [-0.2, 0) is 0 Å². The maximum absolute atomic E-state index is 6.11. The number of fused-ring (bicyclic) bond motifs is 6. The predicted octanol–water partition coefficient (Wildman–Crippen LogP) is 11.2. The molecule has 5 heteroatoms. The summed E-state index contributed by atoms with van der Waals surface area (Å²) in [7, 11) is 0. The molecule has 0 N–H and O–H groups in total. The lowest BCUT2D eigenvalue weighted by atomic mass is 10.0. The summed E-state index contributed by atoms with van der Waals surface area (Å²) < 4.78 is 9.42. The second-order valence-electron chi connectivity index (χ2n) is 11.2. The maximum atomic E-state index is 6.11. The summed E-state index contributed by atoms with van der Waals surface area (Å²) in [4.78, 5) is 10.2. The molecule has 0 aliphatic heterocycles. The fourth-order valence-electron chi connectivity index (χ4n) is 6.40. The molecule has 0 aliphatic rings. The molecule has 9 rings (SSSR count). The van der Waals surface area contributed by atoms with Crippen molar-refractivity contribution in [3.63, 3.8) is 0 Å². The van der Waals surface area contributed by atoms with Gasteiger partial charge in [-0.05, 0) is 60.7 Å². The van der Waals surface area contributed by atoms with Gasteiger partial charge in [0.15, 0.2) is 5.82 Å². The van der Waals surface area contributed by atoms with Crippen LogP contribution in [0.3, 0.4) is 0 Å². The fourth-order valence-corrected chi connectivity index (χ4v) is 6.88. The van der Waals surface area contributed by atoms with Gasteiger partial charge in [0.2, 0.25) is 0 Å². The van der Waals surface area contributed by atoms with Gasteiger partial charge in [-0.25, -0.2) is 9.97 Å². The molecule has 0 unspecified atom stereocenters. The van der Waals surface area contributed by atoms with Gasteiger partial charge in [0.05, 0.1) is 22.4 Å². The van der Waals surface area contributed by atoms with Crippen molar-refractivity contribution in [2.75, 3.05) is 0 Å². The van der Waals surface area contributed by atoms with E-state index in [0.717, 1.165) is 71.2 Å². The second-order valence-corrected chi connectivity index (χ2v) is 12.1. The van der Waals surface area contributed by atoms with Crippen molar-refractivity contribution < 1.29 is 4.42 Å². The first kappa shape index (κ1) is 25.9. The number of hydrogen-bond acceptors (Lipinski definition) is 3. The topological polar surface area (TPSA) is 43.9 Å². The minimum atomic E-state index is 0.679. The highest BCUT2D eigenvalue weighted by molar-refractivity contribution is 9.10. The summed E-state index contributed by atoms with van der Waals surface area (Å²) in [5.41, 5.74) is 9.80. The van der Waals surface area contributed by atoms with Crippen molar-refractivity contribution in [3.8, 4) is 39.6 Å². The summed E-state index contributed by atoms with van der Waals surface area (Å²) in [6, 6.07) is 50.4. The highest BCUT2D eigenvalue weighted by atomic mass is 79.9. The molecule has 0 saturated heterocycles. The van der Waals surface area contributed by atoms with Crippen LogP contribution in [0.4, 0.5) is 0 Å². The normalized spacial score (nSPS) is 11.7. The number of benzene rings is 6. The molecule has 0 spiro atoms. The van der Waals surface area contributed by atoms with E-state index in [2.05, 4.69) is 124 Å². The summed E-state index contributed by atoms with van der Waals surface area (Å²) >= 11 is 3.83. The monoisotopic (exact) mass is 641 g/mol. The minimum absolute atomic E-state index is 0.679. The van der Waals surface area contributed by atoms with Crippen LogP contribution in [0.2, 0.25) is 0 Å². The van der Waals surface area contributed by atoms with E-state index in [9.17, 15) is 0 Å². The second kappa shape index (κ2) is 10.3. The van der Waals surface area contributed by atoms with Crippen LogP contribution in [0.5, 0.6) is 0 Å². The number of para-hydroxylation sites is 3. The van der Waals surface area contributed by atoms with Crippen LogP contribution >= 0.6 is 15.9 Å². The molecule has 0 radical (unpaired) electrons. The maximum Gasteiger partial charge on any atom is 0.160 e. The van der Waals surface area contributed by atoms with Gasteiger partial charge in [0.25, 0.3) is 0 Å². The third-order valence-electron chi connectivity index (χ3n) is 8.45. The van der Waals surface area contributed by atoms with Crippen LogP contribution in [-0.4, -0.2) is 14.5 Å². The van der Waals surface area contributed by atoms with Gasteiger partial charge in [-0.2, -0.15) is 0 Å². The fraction of sp³-hybridized carbons (Fsp3) is 0. The summed E-state index contributed by atoms with van der Waals surface area (Å²) in [6.07, 6.45) is 0. The Bertz CT molecular complexity index is 2510. The molecule has 45 heavy (non-hydrogen) atoms. The third kappa shape index (κ3) is 4.35. The van der Waals surface area contributed by atoms with E-state index >= 15 is 0 Å². The number of halogens is 1. The highest BCUT2D eigenvalue weighted by Gasteiger charge is 2.16. The van der Waals surface area contributed by atoms with Crippen LogP contribution in [0.1, 0.15) is 0 Å². The standard InChI is InChI=1S/C40H24BrN3O/c41-28-20-27(21-29(23-28)44-36-15-7-4-12-30(36)31-13-5-8-16-37(31)44)35-24-34(42-40(43-35)25-10-2-1-3-11-25)26-18-19-39-33(22-26)32-14-6-9-17-38(32)45-39/h1-24H. The zero-order valence-electron chi connectivity index (χ0n) is 24.0. The van der Waals surface area contributed by atoms with E-state index in [4.69, 9.17) is 14.4 Å². The molecule has 3 aromatic heterocycles. The molecule has 0 aliphatic carbocycles. The van der Waals surface area contributed by atoms with Crippen molar-refractivity contribution in [1.82, 2.24) is 14.5 Å². The van der Waals surface area contributed by atoms with Crippen molar-refractivity contribution in [1.29, 1.82) is 0 Å². The molecule has 0 fully saturated rings. The molecule has 0 amide bonds. The predicted molar refractivity (Wildman–Crippen MR) is 188 cm³/mol. The molecule has 0 bridgehead atoms. The van der Waals surface area contributed by atoms with E-state index in [1.54, 1.807) is 0 Å². The lowest BCUT2D eigenvalue weighted by molar-refractivity contribution is 0.669. The zero-order chi connectivity index (χ0) is 29.9. The van der Waals surface area contributed by atoms with Gasteiger partial charge >= 0.3 is 0 Å². The smallest absolute Gasteiger partial charge is 0.160 e. The molecule has 212 valence electrons. The van der Waals surface area contributed by atoms with Gasteiger partial charge < -0.3 is 8.98 Å². The van der Waals surface area contributed by atoms with Gasteiger partial charge in [-0.3, -0.25) is 0 Å². The molecule has 6 aromatic carbocycles. The Labute approximate surface area is 267 Å². The molecule has 3 heterocycles. The Balaban J connectivity index is 1.26. The largest absolute Gasteiger partial charge is 0.456 e. The lowest BCUT2D eigenvalue weighted by Gasteiger charge is -2.13. The molecule has 0 saturated carbocycles. The molecular formula is C40H24BrN3O. The first-order valence-corrected chi connectivity index (χ1v) is 15.6. The van der Waals surface area contributed by atoms with Crippen LogP contribution in [0, 0.1) is 0 Å². The SMILES string of the molecule is Brc1cc(-c2cc(-c3ccc4oc5ccccc5c4c3)nc(-c3ccccc3)n2)cc(-n2c3ccccc3c3ccccc32)c1. The Hall–Kier alpha value is -5.52. The lowest BCUT2D eigenvalue weighted by Crippen LogP contribution is -1.98. The quantitative estimate of drug-likeness (QED) is 0.192. The first-order chi connectivity index (χ1) is 22.2. The molecule has 0 atom stereocenters. The minimum Gasteiger partial charge on any atom is -0.456 e. The average Bonchev–Trinajstić information content (AvgIpc) is 3.64. The van der Waals surface area contributed by atoms with Gasteiger partial charge in [-0.1, -0.05) is 101 Å². The van der Waals surface area contributed by atoms with E-state index < -0.39 is 0 Å². The number of rotatable bonds is 4. The summed E-state index contributed by atoms with van der Waals surface area (Å²) in [5.74, 6) is 0.679. The van der Waals surface area contributed by atoms with Crippen molar-refractivity contribution in [3.05, 3.63) is 150 Å². The van der Waals surface area contributed by atoms with Crippen LogP contribution < -0.4 is 0 Å². The Kier molecular flexibility index (Phi) is 5.93. The summed E-state index contributed by atoms with van der Waals surface area (Å²) in [5, 5.41) is 4.62. The number of hydrogen-bond donors (Lipinski definition) is 0. The van der Waals surface area contributed by atoms with Gasteiger partial charge in [-0.15, -0.1) is 0 Å². The van der Waals surface area contributed by atoms with E-state index in [1.807, 2.05) is 42.5 Å². The summed E-state index contributed by atoms with van der Waals surface area (Å²) in [6.45, 7) is 0. The number of nitrogens with zero attached hydrogens (tertiary/aromatic N) is 3. The highest BCUT2D eigenvalue weighted by Crippen LogP contribution is 2.37. The number of furan rings is 1. The number of aromatic nitrogens is 3. The van der Waals surface area contributed by atoms with Crippen LogP contribution in [0.25, 0.3) is 83.3 Å². The zero-order valence-corrected chi connectivity index (χ0v) is 25.6. The van der Waals surface area contributed by atoms with E-state index in [-0.39, 0.29) is 0 Å². The Morgan fingerprint density at radius 2 is 1.09 bits per heavy atom. The Morgan fingerprint density at radius 1 is 0.467 bits per heavy atom. The Morgan fingerprint density at radius 3 is 1.84 bits per heavy atom. The molecule has 9 aromatic rings. The van der Waals surface area contributed by atoms with E-state index in [0.29, 0.717) is 5.82 Å². The van der Waals surface area contributed by atoms with Gasteiger partial charge in [0.1, 0.15) is 11.2 Å². The first-order valence-electron chi connectivity index (χ1n) is 14.9. The van der Waals surface area contributed by atoms with Crippen LogP contribution in [0.15, 0.2) is 154 Å².